The fraction of sp³-hybridized carbons (Fsp3) is 1.00. The molecule has 2 aliphatic rings. The summed E-state index contributed by atoms with van der Waals surface area (Å²) in [5.74, 6) is 0.679. The lowest BCUT2D eigenvalue weighted by Crippen LogP contribution is -2.50. The van der Waals surface area contributed by atoms with Gasteiger partial charge in [-0.1, -0.05) is 0 Å². The lowest BCUT2D eigenvalue weighted by Gasteiger charge is -2.35. The van der Waals surface area contributed by atoms with Crippen molar-refractivity contribution >= 4 is 10.2 Å². The summed E-state index contributed by atoms with van der Waals surface area (Å²) >= 11 is 0. The normalized spacial score (nSPS) is 23.3. The quantitative estimate of drug-likeness (QED) is 0.644. The molecule has 3 N–H and O–H groups in total. The molecule has 0 radical (unpaired) electrons. The summed E-state index contributed by atoms with van der Waals surface area (Å²) in [7, 11) is -4.11. The van der Waals surface area contributed by atoms with E-state index < -0.39 is 22.9 Å². The van der Waals surface area contributed by atoms with Gasteiger partial charge < -0.3 is 10.2 Å². The molecule has 0 amide bonds. The molecule has 6 nitrogen and oxygen atoms in total. The molecule has 0 unspecified atom stereocenters. The first kappa shape index (κ1) is 18.9. The Morgan fingerprint density at radius 1 is 1.09 bits per heavy atom. The van der Waals surface area contributed by atoms with Crippen LogP contribution in [-0.4, -0.2) is 64.8 Å². The fourth-order valence-electron chi connectivity index (χ4n) is 3.10. The molecule has 0 aromatic carbocycles. The van der Waals surface area contributed by atoms with Crippen molar-refractivity contribution in [1.29, 1.82) is 0 Å². The van der Waals surface area contributed by atoms with Gasteiger partial charge in [-0.3, -0.25) is 0 Å². The molecule has 136 valence electrons. The Hall–Kier alpha value is -0.420. The molecule has 0 atom stereocenters. The average Bonchev–Trinajstić information content (AvgIpc) is 2.48. The van der Waals surface area contributed by atoms with Crippen LogP contribution in [0.3, 0.4) is 0 Å². The summed E-state index contributed by atoms with van der Waals surface area (Å²) in [5.41, 5.74) is 0. The van der Waals surface area contributed by atoms with Crippen LogP contribution in [0.25, 0.3) is 0 Å². The highest BCUT2D eigenvalue weighted by Gasteiger charge is 2.31. The maximum Gasteiger partial charge on any atom is 0.402 e. The Labute approximate surface area is 135 Å². The number of halogens is 3. The fourth-order valence-corrected chi connectivity index (χ4v) is 4.21. The molecule has 0 aliphatic carbocycles. The van der Waals surface area contributed by atoms with Crippen molar-refractivity contribution < 1.29 is 21.6 Å². The van der Waals surface area contributed by atoms with Crippen molar-refractivity contribution in [2.24, 2.45) is 5.92 Å². The van der Waals surface area contributed by atoms with Gasteiger partial charge in [0.05, 0.1) is 0 Å². The van der Waals surface area contributed by atoms with Crippen molar-refractivity contribution in [1.82, 2.24) is 19.7 Å². The second kappa shape index (κ2) is 8.11. The molecule has 0 saturated carbocycles. The van der Waals surface area contributed by atoms with Gasteiger partial charge in [0, 0.05) is 12.6 Å². The molecule has 0 bridgehead atoms. The largest absolute Gasteiger partial charge is 0.402 e. The molecular formula is C13H25F3N4O2S. The summed E-state index contributed by atoms with van der Waals surface area (Å²) in [6.45, 7) is 3.12. The molecule has 0 aromatic heterocycles. The molecule has 2 rings (SSSR count). The van der Waals surface area contributed by atoms with Crippen LogP contribution < -0.4 is 14.8 Å². The van der Waals surface area contributed by atoms with Gasteiger partial charge in [0.1, 0.15) is 6.54 Å². The number of hydrogen-bond acceptors (Lipinski definition) is 4. The van der Waals surface area contributed by atoms with Gasteiger partial charge in [-0.05, 0) is 57.8 Å². The summed E-state index contributed by atoms with van der Waals surface area (Å²) in [6.07, 6.45) is -0.982. The van der Waals surface area contributed by atoms with Gasteiger partial charge in [-0.25, -0.2) is 0 Å². The predicted molar refractivity (Wildman–Crippen MR) is 81.2 cm³/mol. The second-order valence-electron chi connectivity index (χ2n) is 6.33. The molecule has 23 heavy (non-hydrogen) atoms. The van der Waals surface area contributed by atoms with E-state index in [2.05, 4.69) is 14.9 Å². The minimum atomic E-state index is -4.55. The van der Waals surface area contributed by atoms with Crippen LogP contribution >= 0.6 is 0 Å². The summed E-state index contributed by atoms with van der Waals surface area (Å²) in [6, 6.07) is -0.301. The number of likely N-dealkylation sites (tertiary alicyclic amines) is 1. The van der Waals surface area contributed by atoms with Gasteiger partial charge >= 0.3 is 6.18 Å². The number of rotatable bonds is 6. The molecule has 2 saturated heterocycles. The minimum absolute atomic E-state index is 0.301. The van der Waals surface area contributed by atoms with E-state index in [-0.39, 0.29) is 6.04 Å². The number of alkyl halides is 3. The second-order valence-corrected chi connectivity index (χ2v) is 7.86. The van der Waals surface area contributed by atoms with Gasteiger partial charge in [0.15, 0.2) is 0 Å². The topological polar surface area (TPSA) is 73.5 Å². The Morgan fingerprint density at radius 2 is 1.70 bits per heavy atom. The van der Waals surface area contributed by atoms with Crippen LogP contribution in [0.15, 0.2) is 0 Å². The maximum absolute atomic E-state index is 12.1. The Balaban J connectivity index is 1.69. The van der Waals surface area contributed by atoms with Gasteiger partial charge in [-0.15, -0.1) is 0 Å². The number of hydrogen-bond donors (Lipinski definition) is 3. The van der Waals surface area contributed by atoms with E-state index in [0.717, 1.165) is 45.6 Å². The third kappa shape index (κ3) is 7.34. The first-order chi connectivity index (χ1) is 10.7. The molecule has 2 fully saturated rings. The van der Waals surface area contributed by atoms with Crippen LogP contribution in [-0.2, 0) is 10.2 Å². The summed E-state index contributed by atoms with van der Waals surface area (Å²) in [5, 5.41) is 3.33. The van der Waals surface area contributed by atoms with Crippen LogP contribution in [0.1, 0.15) is 25.7 Å². The van der Waals surface area contributed by atoms with Crippen LogP contribution in [0.4, 0.5) is 13.2 Å². The van der Waals surface area contributed by atoms with E-state index in [9.17, 15) is 21.6 Å². The number of piperidine rings is 2. The van der Waals surface area contributed by atoms with Crippen molar-refractivity contribution in [3.63, 3.8) is 0 Å². The van der Waals surface area contributed by atoms with E-state index in [4.69, 9.17) is 0 Å². The first-order valence-electron chi connectivity index (χ1n) is 8.00. The molecule has 2 heterocycles. The zero-order valence-electron chi connectivity index (χ0n) is 13.0. The van der Waals surface area contributed by atoms with Gasteiger partial charge in [0.2, 0.25) is 0 Å². The molecule has 10 heteroatoms. The Kier molecular flexibility index (Phi) is 6.66. The van der Waals surface area contributed by atoms with Gasteiger partial charge in [-0.2, -0.15) is 31.0 Å². The lowest BCUT2D eigenvalue weighted by molar-refractivity contribution is -0.121. The van der Waals surface area contributed by atoms with E-state index in [1.54, 1.807) is 0 Å². The molecular weight excluding hydrogens is 333 g/mol. The monoisotopic (exact) mass is 358 g/mol. The smallest absolute Gasteiger partial charge is 0.317 e. The third-order valence-corrected chi connectivity index (χ3v) is 5.52. The van der Waals surface area contributed by atoms with Crippen molar-refractivity contribution in [3.8, 4) is 0 Å². The zero-order valence-corrected chi connectivity index (χ0v) is 13.8. The number of nitrogens with one attached hydrogen (secondary N) is 3. The first-order valence-corrected chi connectivity index (χ1v) is 9.48. The molecule has 0 spiro atoms. The average molecular weight is 358 g/mol. The highest BCUT2D eigenvalue weighted by atomic mass is 32.2. The van der Waals surface area contributed by atoms with E-state index in [0.29, 0.717) is 18.8 Å². The third-order valence-electron chi connectivity index (χ3n) is 4.35. The maximum atomic E-state index is 12.1. The SMILES string of the molecule is O=S(=O)(NCC(F)(F)F)NC1CCN(CC2CCNCC2)CC1. The standard InChI is InChI=1S/C13H25F3N4O2S/c14-13(15,16)10-18-23(21,22)19-12-3-7-20(8-4-12)9-11-1-5-17-6-2-11/h11-12,17-19H,1-10H2. The zero-order chi connectivity index (χ0) is 16.9. The highest BCUT2D eigenvalue weighted by molar-refractivity contribution is 7.87. The van der Waals surface area contributed by atoms with Crippen molar-refractivity contribution in [2.45, 2.75) is 37.9 Å². The molecule has 2 aliphatic heterocycles. The Morgan fingerprint density at radius 3 is 2.26 bits per heavy atom. The molecule has 0 aromatic rings. The summed E-state index contributed by atoms with van der Waals surface area (Å²) in [4.78, 5) is 2.32. The van der Waals surface area contributed by atoms with Crippen LogP contribution in [0.2, 0.25) is 0 Å². The highest BCUT2D eigenvalue weighted by Crippen LogP contribution is 2.18. The van der Waals surface area contributed by atoms with E-state index in [1.165, 1.54) is 4.72 Å². The van der Waals surface area contributed by atoms with Crippen LogP contribution in [0.5, 0.6) is 0 Å². The van der Waals surface area contributed by atoms with E-state index >= 15 is 0 Å². The van der Waals surface area contributed by atoms with Crippen molar-refractivity contribution in [2.75, 3.05) is 39.3 Å². The minimum Gasteiger partial charge on any atom is -0.317 e. The number of nitrogens with zero attached hydrogens (tertiary/aromatic N) is 1. The summed E-state index contributed by atoms with van der Waals surface area (Å²) < 4.78 is 63.3. The van der Waals surface area contributed by atoms with Crippen molar-refractivity contribution in [3.05, 3.63) is 0 Å². The van der Waals surface area contributed by atoms with E-state index in [1.807, 2.05) is 0 Å². The lowest BCUT2D eigenvalue weighted by atomic mass is 9.96. The van der Waals surface area contributed by atoms with Crippen LogP contribution in [0, 0.1) is 5.92 Å². The van der Waals surface area contributed by atoms with Gasteiger partial charge in [0.25, 0.3) is 10.2 Å². The Bertz CT molecular complexity index is 458. The predicted octanol–water partition coefficient (Wildman–Crippen LogP) is 0.437.